The Bertz CT molecular complexity index is 485. The third-order valence-electron chi connectivity index (χ3n) is 4.38. The van der Waals surface area contributed by atoms with E-state index in [1.54, 1.807) is 4.90 Å². The lowest BCUT2D eigenvalue weighted by atomic mass is 9.82. The fourth-order valence-electron chi connectivity index (χ4n) is 2.77. The molecule has 4 heteroatoms. The Labute approximate surface area is 118 Å². The molecule has 0 N–H and O–H groups in total. The minimum absolute atomic E-state index is 0.0792. The Hall–Kier alpha value is -1.09. The van der Waals surface area contributed by atoms with Crippen LogP contribution in [0.2, 0.25) is 5.02 Å². The van der Waals surface area contributed by atoms with Gasteiger partial charge in [0.05, 0.1) is 5.56 Å². The van der Waals surface area contributed by atoms with E-state index in [9.17, 15) is 9.18 Å². The lowest BCUT2D eigenvalue weighted by molar-refractivity contribution is 0.0765. The Kier molecular flexibility index (Phi) is 4.14. The van der Waals surface area contributed by atoms with E-state index < -0.39 is 5.82 Å². The van der Waals surface area contributed by atoms with Crippen LogP contribution in [0.15, 0.2) is 18.2 Å². The molecule has 0 bridgehead atoms. The summed E-state index contributed by atoms with van der Waals surface area (Å²) in [6.07, 6.45) is 3.09. The highest BCUT2D eigenvalue weighted by atomic mass is 35.5. The number of hydrogen-bond donors (Lipinski definition) is 0. The summed E-state index contributed by atoms with van der Waals surface area (Å²) >= 11 is 5.84. The van der Waals surface area contributed by atoms with Gasteiger partial charge in [-0.3, -0.25) is 4.79 Å². The summed E-state index contributed by atoms with van der Waals surface area (Å²) < 4.78 is 13.7. The minimum Gasteiger partial charge on any atom is -0.338 e. The van der Waals surface area contributed by atoms with Crippen LogP contribution < -0.4 is 0 Å². The zero-order valence-corrected chi connectivity index (χ0v) is 12.1. The Morgan fingerprint density at radius 2 is 2.11 bits per heavy atom. The molecule has 2 rings (SSSR count). The van der Waals surface area contributed by atoms with E-state index in [4.69, 9.17) is 11.6 Å². The van der Waals surface area contributed by atoms with E-state index in [0.717, 1.165) is 19.3 Å². The summed E-state index contributed by atoms with van der Waals surface area (Å²) in [6.45, 7) is 5.71. The van der Waals surface area contributed by atoms with E-state index >= 15 is 0 Å². The van der Waals surface area contributed by atoms with Crippen LogP contribution in [0, 0.1) is 11.2 Å². The zero-order chi connectivity index (χ0) is 14.0. The van der Waals surface area contributed by atoms with E-state index in [1.165, 1.54) is 18.2 Å². The highest BCUT2D eigenvalue weighted by Gasteiger charge is 2.37. The first-order chi connectivity index (χ1) is 9.01. The molecule has 0 atom stereocenters. The van der Waals surface area contributed by atoms with E-state index in [1.807, 2.05) is 0 Å². The van der Waals surface area contributed by atoms with Crippen molar-refractivity contribution in [2.75, 3.05) is 13.1 Å². The van der Waals surface area contributed by atoms with Crippen LogP contribution in [-0.2, 0) is 0 Å². The molecule has 0 saturated carbocycles. The van der Waals surface area contributed by atoms with Crippen LogP contribution >= 0.6 is 11.6 Å². The van der Waals surface area contributed by atoms with Crippen LogP contribution in [0.25, 0.3) is 0 Å². The van der Waals surface area contributed by atoms with Crippen LogP contribution in [0.5, 0.6) is 0 Å². The van der Waals surface area contributed by atoms with Crippen molar-refractivity contribution in [3.05, 3.63) is 34.6 Å². The van der Waals surface area contributed by atoms with Crippen molar-refractivity contribution < 1.29 is 9.18 Å². The van der Waals surface area contributed by atoms with Gasteiger partial charge in [-0.15, -0.1) is 0 Å². The second-order valence-corrected chi connectivity index (χ2v) is 5.74. The highest BCUT2D eigenvalue weighted by Crippen LogP contribution is 2.37. The second-order valence-electron chi connectivity index (χ2n) is 5.31. The molecule has 0 aliphatic carbocycles. The molecule has 19 heavy (non-hydrogen) atoms. The van der Waals surface area contributed by atoms with Gasteiger partial charge in [-0.1, -0.05) is 25.4 Å². The van der Waals surface area contributed by atoms with Gasteiger partial charge in [0.1, 0.15) is 5.82 Å². The number of amides is 1. The topological polar surface area (TPSA) is 20.3 Å². The van der Waals surface area contributed by atoms with E-state index in [-0.39, 0.29) is 16.9 Å². The van der Waals surface area contributed by atoms with Gasteiger partial charge in [-0.25, -0.2) is 4.39 Å². The third kappa shape index (κ3) is 2.76. The predicted octanol–water partition coefficient (Wildman–Crippen LogP) is 4.13. The number of carbonyl (C=O) groups excluding carboxylic acids is 1. The molecule has 104 valence electrons. The molecule has 1 aromatic rings. The molecule has 1 aliphatic rings. The van der Waals surface area contributed by atoms with Crippen molar-refractivity contribution in [3.63, 3.8) is 0 Å². The van der Waals surface area contributed by atoms with Crippen molar-refractivity contribution in [2.24, 2.45) is 5.41 Å². The quantitative estimate of drug-likeness (QED) is 0.817. The number of benzene rings is 1. The number of carbonyl (C=O) groups is 1. The predicted molar refractivity (Wildman–Crippen MR) is 74.9 cm³/mol. The van der Waals surface area contributed by atoms with Crippen LogP contribution in [0.4, 0.5) is 4.39 Å². The van der Waals surface area contributed by atoms with Crippen molar-refractivity contribution in [1.29, 1.82) is 0 Å². The summed E-state index contributed by atoms with van der Waals surface area (Å²) in [5.41, 5.74) is 0.278. The van der Waals surface area contributed by atoms with Crippen molar-refractivity contribution in [3.8, 4) is 0 Å². The van der Waals surface area contributed by atoms with Gasteiger partial charge >= 0.3 is 0 Å². The molecule has 1 heterocycles. The van der Waals surface area contributed by atoms with E-state index in [0.29, 0.717) is 18.1 Å². The van der Waals surface area contributed by atoms with Gasteiger partial charge in [-0.2, -0.15) is 0 Å². The maximum absolute atomic E-state index is 13.7. The van der Waals surface area contributed by atoms with Crippen LogP contribution in [-0.4, -0.2) is 23.9 Å². The summed E-state index contributed by atoms with van der Waals surface area (Å²) in [5, 5.41) is 0.390. The Morgan fingerprint density at radius 1 is 1.42 bits per heavy atom. The van der Waals surface area contributed by atoms with E-state index in [2.05, 4.69) is 13.8 Å². The number of likely N-dealkylation sites (tertiary alicyclic amines) is 1. The largest absolute Gasteiger partial charge is 0.338 e. The van der Waals surface area contributed by atoms with Crippen LogP contribution in [0.1, 0.15) is 43.5 Å². The van der Waals surface area contributed by atoms with Gasteiger partial charge < -0.3 is 4.90 Å². The van der Waals surface area contributed by atoms with Gasteiger partial charge in [0, 0.05) is 18.1 Å². The van der Waals surface area contributed by atoms with Crippen LogP contribution in [0.3, 0.4) is 0 Å². The number of rotatable bonds is 3. The molecule has 1 fully saturated rings. The maximum Gasteiger partial charge on any atom is 0.256 e. The normalized spacial score (nSPS) is 17.8. The summed E-state index contributed by atoms with van der Waals surface area (Å²) in [5.74, 6) is -0.747. The average molecular weight is 284 g/mol. The number of hydrogen-bond acceptors (Lipinski definition) is 1. The molecule has 0 aromatic heterocycles. The molecular weight excluding hydrogens is 265 g/mol. The van der Waals surface area contributed by atoms with Crippen molar-refractivity contribution in [2.45, 2.75) is 33.1 Å². The standard InChI is InChI=1S/C15H19ClFNO/c1-3-15(4-2)7-8-18(10-15)14(19)12-9-11(16)5-6-13(12)17/h5-6,9H,3-4,7-8,10H2,1-2H3. The van der Waals surface area contributed by atoms with Gasteiger partial charge in [0.2, 0.25) is 0 Å². The molecule has 0 spiro atoms. The summed E-state index contributed by atoms with van der Waals surface area (Å²) in [6, 6.07) is 4.12. The molecule has 0 unspecified atom stereocenters. The molecular formula is C15H19ClFNO. The smallest absolute Gasteiger partial charge is 0.256 e. The fraction of sp³-hybridized carbons (Fsp3) is 0.533. The average Bonchev–Trinajstić information content (AvgIpc) is 2.86. The Morgan fingerprint density at radius 3 is 2.68 bits per heavy atom. The number of halogens is 2. The minimum atomic E-state index is -0.500. The maximum atomic E-state index is 13.7. The molecule has 2 nitrogen and oxygen atoms in total. The third-order valence-corrected chi connectivity index (χ3v) is 4.62. The molecule has 1 aliphatic heterocycles. The van der Waals surface area contributed by atoms with Crippen molar-refractivity contribution >= 4 is 17.5 Å². The molecule has 1 aromatic carbocycles. The van der Waals surface area contributed by atoms with Gasteiger partial charge in [-0.05, 0) is 42.9 Å². The lowest BCUT2D eigenvalue weighted by Gasteiger charge is -2.26. The summed E-state index contributed by atoms with van der Waals surface area (Å²) in [4.78, 5) is 14.1. The first kappa shape index (κ1) is 14.3. The first-order valence-corrected chi connectivity index (χ1v) is 7.13. The number of nitrogens with zero attached hydrogens (tertiary/aromatic N) is 1. The molecule has 1 amide bonds. The first-order valence-electron chi connectivity index (χ1n) is 6.75. The second kappa shape index (κ2) is 5.49. The summed E-state index contributed by atoms with van der Waals surface area (Å²) in [7, 11) is 0. The molecule has 1 saturated heterocycles. The van der Waals surface area contributed by atoms with Crippen molar-refractivity contribution in [1.82, 2.24) is 4.90 Å². The molecule has 0 radical (unpaired) electrons. The Balaban J connectivity index is 2.20. The highest BCUT2D eigenvalue weighted by molar-refractivity contribution is 6.31. The monoisotopic (exact) mass is 283 g/mol. The SMILES string of the molecule is CCC1(CC)CCN(C(=O)c2cc(Cl)ccc2F)C1. The fourth-order valence-corrected chi connectivity index (χ4v) is 2.94. The zero-order valence-electron chi connectivity index (χ0n) is 11.4. The lowest BCUT2D eigenvalue weighted by Crippen LogP contribution is -2.32. The van der Waals surface area contributed by atoms with Gasteiger partial charge in [0.25, 0.3) is 5.91 Å². The van der Waals surface area contributed by atoms with Gasteiger partial charge in [0.15, 0.2) is 0 Å².